The van der Waals surface area contributed by atoms with E-state index in [9.17, 15) is 0 Å². The number of benzene rings is 1. The van der Waals surface area contributed by atoms with Gasteiger partial charge in [-0.05, 0) is 30.2 Å². The zero-order valence-corrected chi connectivity index (χ0v) is 13.5. The molecule has 1 aliphatic rings. The first-order valence-electron chi connectivity index (χ1n) is 8.03. The van der Waals surface area contributed by atoms with Crippen LogP contribution in [0.1, 0.15) is 38.8 Å². The zero-order valence-electron chi connectivity index (χ0n) is 13.5. The molecule has 4 nitrogen and oxygen atoms in total. The number of fused-ring (bicyclic) bond motifs is 1. The fourth-order valence-electron chi connectivity index (χ4n) is 2.77. The molecule has 2 atom stereocenters. The first-order valence-corrected chi connectivity index (χ1v) is 8.03. The van der Waals surface area contributed by atoms with Gasteiger partial charge in [0.2, 0.25) is 0 Å². The summed E-state index contributed by atoms with van der Waals surface area (Å²) in [6.45, 7) is 10.7. The predicted molar refractivity (Wildman–Crippen MR) is 85.9 cm³/mol. The molecule has 0 saturated carbocycles. The molecule has 21 heavy (non-hydrogen) atoms. The minimum absolute atomic E-state index is 0.236. The summed E-state index contributed by atoms with van der Waals surface area (Å²) in [6, 6.07) is 6.44. The molecule has 4 heteroatoms. The Bertz CT molecular complexity index is 450. The van der Waals surface area contributed by atoms with Crippen molar-refractivity contribution in [1.29, 1.82) is 0 Å². The van der Waals surface area contributed by atoms with Crippen molar-refractivity contribution in [2.24, 2.45) is 11.7 Å². The Morgan fingerprint density at radius 1 is 1.19 bits per heavy atom. The fraction of sp³-hybridized carbons (Fsp3) is 0.647. The van der Waals surface area contributed by atoms with Crippen LogP contribution in [-0.4, -0.2) is 37.7 Å². The van der Waals surface area contributed by atoms with E-state index in [0.717, 1.165) is 24.6 Å². The van der Waals surface area contributed by atoms with Gasteiger partial charge >= 0.3 is 0 Å². The zero-order chi connectivity index (χ0) is 15.2. The molecule has 0 aliphatic carbocycles. The lowest BCUT2D eigenvalue weighted by Crippen LogP contribution is -2.36. The molecule has 1 aliphatic heterocycles. The first-order chi connectivity index (χ1) is 10.2. The van der Waals surface area contributed by atoms with E-state index in [0.29, 0.717) is 25.7 Å². The average molecular weight is 292 g/mol. The van der Waals surface area contributed by atoms with Gasteiger partial charge in [-0.15, -0.1) is 0 Å². The van der Waals surface area contributed by atoms with Gasteiger partial charge in [-0.3, -0.25) is 4.90 Å². The first kappa shape index (κ1) is 16.1. The Balaban J connectivity index is 2.19. The van der Waals surface area contributed by atoms with Crippen molar-refractivity contribution >= 4 is 0 Å². The van der Waals surface area contributed by atoms with Crippen molar-refractivity contribution in [3.05, 3.63) is 23.8 Å². The molecule has 1 aromatic rings. The van der Waals surface area contributed by atoms with Crippen molar-refractivity contribution in [3.8, 4) is 11.5 Å². The lowest BCUT2D eigenvalue weighted by Gasteiger charge is -2.32. The highest BCUT2D eigenvalue weighted by Crippen LogP contribution is 2.34. The minimum Gasteiger partial charge on any atom is -0.486 e. The van der Waals surface area contributed by atoms with Crippen LogP contribution in [0.3, 0.4) is 0 Å². The molecule has 0 amide bonds. The van der Waals surface area contributed by atoms with Crippen LogP contribution in [0.25, 0.3) is 0 Å². The minimum atomic E-state index is 0.236. The van der Waals surface area contributed by atoms with E-state index in [4.69, 9.17) is 15.2 Å². The summed E-state index contributed by atoms with van der Waals surface area (Å²) in [6.07, 6.45) is 1.19. The van der Waals surface area contributed by atoms with Crippen LogP contribution in [0, 0.1) is 5.92 Å². The van der Waals surface area contributed by atoms with Crippen LogP contribution in [0.5, 0.6) is 11.5 Å². The van der Waals surface area contributed by atoms with Crippen LogP contribution >= 0.6 is 0 Å². The molecule has 2 unspecified atom stereocenters. The molecule has 2 rings (SSSR count). The van der Waals surface area contributed by atoms with Crippen LogP contribution < -0.4 is 15.2 Å². The summed E-state index contributed by atoms with van der Waals surface area (Å²) < 4.78 is 11.3. The second-order valence-electron chi connectivity index (χ2n) is 5.76. The van der Waals surface area contributed by atoms with Gasteiger partial charge in [-0.25, -0.2) is 0 Å². The van der Waals surface area contributed by atoms with Gasteiger partial charge in [-0.2, -0.15) is 0 Å². The monoisotopic (exact) mass is 292 g/mol. The van der Waals surface area contributed by atoms with Gasteiger partial charge in [-0.1, -0.05) is 33.3 Å². The van der Waals surface area contributed by atoms with Crippen molar-refractivity contribution < 1.29 is 9.47 Å². The normalized spacial score (nSPS) is 16.8. The summed E-state index contributed by atoms with van der Waals surface area (Å²) in [4.78, 5) is 2.46. The van der Waals surface area contributed by atoms with E-state index in [1.54, 1.807) is 0 Å². The number of nitrogens with zero attached hydrogens (tertiary/aromatic N) is 1. The Kier molecular flexibility index (Phi) is 5.88. The number of rotatable bonds is 7. The largest absolute Gasteiger partial charge is 0.486 e. The SMILES string of the molecule is CCC(C)CN(CC)C(CN)c1ccc2c(c1)OCCO2. The van der Waals surface area contributed by atoms with Gasteiger partial charge in [0.1, 0.15) is 13.2 Å². The van der Waals surface area contributed by atoms with Crippen molar-refractivity contribution in [2.75, 3.05) is 32.8 Å². The Labute approximate surface area is 128 Å². The molecule has 2 N–H and O–H groups in total. The van der Waals surface area contributed by atoms with E-state index in [2.05, 4.69) is 37.8 Å². The molecule has 0 saturated heterocycles. The standard InChI is InChI=1S/C17H28N2O2/c1-4-13(3)12-19(5-2)15(11-18)14-6-7-16-17(10-14)21-9-8-20-16/h6-7,10,13,15H,4-5,8-9,11-12,18H2,1-3H3. The number of nitrogens with two attached hydrogens (primary N) is 1. The highest BCUT2D eigenvalue weighted by Gasteiger charge is 2.21. The molecule has 0 spiro atoms. The summed E-state index contributed by atoms with van der Waals surface area (Å²) >= 11 is 0. The molecule has 1 heterocycles. The maximum atomic E-state index is 6.06. The van der Waals surface area contributed by atoms with E-state index in [1.807, 2.05) is 6.07 Å². The molecule has 1 aromatic carbocycles. The number of hydrogen-bond donors (Lipinski definition) is 1. The van der Waals surface area contributed by atoms with E-state index in [1.165, 1.54) is 12.0 Å². The van der Waals surface area contributed by atoms with Gasteiger partial charge in [0.25, 0.3) is 0 Å². The van der Waals surface area contributed by atoms with Crippen LogP contribution in [0.2, 0.25) is 0 Å². The van der Waals surface area contributed by atoms with Crippen LogP contribution in [0.15, 0.2) is 18.2 Å². The third-order valence-corrected chi connectivity index (χ3v) is 4.26. The highest BCUT2D eigenvalue weighted by molar-refractivity contribution is 5.44. The molecule has 0 bridgehead atoms. The Hall–Kier alpha value is -1.26. The van der Waals surface area contributed by atoms with Crippen LogP contribution in [-0.2, 0) is 0 Å². The predicted octanol–water partition coefficient (Wildman–Crippen LogP) is 2.83. The number of hydrogen-bond acceptors (Lipinski definition) is 4. The summed E-state index contributed by atoms with van der Waals surface area (Å²) in [5.41, 5.74) is 7.28. The van der Waals surface area contributed by atoms with Crippen molar-refractivity contribution in [2.45, 2.75) is 33.2 Å². The number of likely N-dealkylation sites (N-methyl/N-ethyl adjacent to an activating group) is 1. The fourth-order valence-corrected chi connectivity index (χ4v) is 2.77. The smallest absolute Gasteiger partial charge is 0.161 e. The van der Waals surface area contributed by atoms with Gasteiger partial charge in [0.15, 0.2) is 11.5 Å². The lowest BCUT2D eigenvalue weighted by molar-refractivity contribution is 0.167. The van der Waals surface area contributed by atoms with Gasteiger partial charge < -0.3 is 15.2 Å². The topological polar surface area (TPSA) is 47.7 Å². The van der Waals surface area contributed by atoms with E-state index >= 15 is 0 Å². The maximum Gasteiger partial charge on any atom is 0.161 e. The lowest BCUT2D eigenvalue weighted by atomic mass is 10.0. The highest BCUT2D eigenvalue weighted by atomic mass is 16.6. The van der Waals surface area contributed by atoms with Gasteiger partial charge in [0, 0.05) is 19.1 Å². The van der Waals surface area contributed by atoms with Crippen LogP contribution in [0.4, 0.5) is 0 Å². The third-order valence-electron chi connectivity index (χ3n) is 4.26. The van der Waals surface area contributed by atoms with E-state index in [-0.39, 0.29) is 6.04 Å². The third kappa shape index (κ3) is 3.89. The maximum absolute atomic E-state index is 6.06. The Morgan fingerprint density at radius 3 is 2.52 bits per heavy atom. The molecule has 0 aromatic heterocycles. The molecule has 0 radical (unpaired) electrons. The van der Waals surface area contributed by atoms with Crippen molar-refractivity contribution in [1.82, 2.24) is 4.90 Å². The van der Waals surface area contributed by atoms with E-state index < -0.39 is 0 Å². The average Bonchev–Trinajstić information content (AvgIpc) is 2.54. The quantitative estimate of drug-likeness (QED) is 0.839. The summed E-state index contributed by atoms with van der Waals surface area (Å²) in [7, 11) is 0. The molecule has 118 valence electrons. The van der Waals surface area contributed by atoms with Crippen molar-refractivity contribution in [3.63, 3.8) is 0 Å². The Morgan fingerprint density at radius 2 is 1.90 bits per heavy atom. The second-order valence-corrected chi connectivity index (χ2v) is 5.76. The number of ether oxygens (including phenoxy) is 2. The van der Waals surface area contributed by atoms with Gasteiger partial charge in [0.05, 0.1) is 0 Å². The summed E-state index contributed by atoms with van der Waals surface area (Å²) in [5.74, 6) is 2.36. The molecule has 0 fully saturated rings. The summed E-state index contributed by atoms with van der Waals surface area (Å²) in [5, 5.41) is 0. The molecular weight excluding hydrogens is 264 g/mol. The molecular formula is C17H28N2O2. The second kappa shape index (κ2) is 7.66.